The van der Waals surface area contributed by atoms with Gasteiger partial charge in [0.15, 0.2) is 11.4 Å². The minimum absolute atomic E-state index is 0.0274. The van der Waals surface area contributed by atoms with Crippen LogP contribution in [0.5, 0.6) is 5.75 Å². The summed E-state index contributed by atoms with van der Waals surface area (Å²) < 4.78 is 35.5. The number of nitrogens with one attached hydrogen (secondary N) is 2. The molecule has 2 fully saturated rings. The molecular formula is C23H25F2N5O3. The minimum Gasteiger partial charge on any atom is -0.475 e. The van der Waals surface area contributed by atoms with Gasteiger partial charge in [0.05, 0.1) is 5.69 Å². The van der Waals surface area contributed by atoms with Gasteiger partial charge in [-0.05, 0) is 37.5 Å². The Labute approximate surface area is 189 Å². The van der Waals surface area contributed by atoms with Crippen LogP contribution in [0, 0.1) is 11.8 Å². The predicted molar refractivity (Wildman–Crippen MR) is 117 cm³/mol. The van der Waals surface area contributed by atoms with Crippen LogP contribution in [0.15, 0.2) is 24.3 Å². The Morgan fingerprint density at radius 1 is 1.18 bits per heavy atom. The summed E-state index contributed by atoms with van der Waals surface area (Å²) in [5.74, 6) is -1.50. The number of anilines is 2. The van der Waals surface area contributed by atoms with Gasteiger partial charge in [-0.1, -0.05) is 6.07 Å². The molecule has 1 aromatic heterocycles. The number of piperazine rings is 1. The summed E-state index contributed by atoms with van der Waals surface area (Å²) in [5, 5.41) is 5.13. The van der Waals surface area contributed by atoms with E-state index in [1.54, 1.807) is 18.2 Å². The van der Waals surface area contributed by atoms with Gasteiger partial charge < -0.3 is 20.3 Å². The van der Waals surface area contributed by atoms with Gasteiger partial charge in [-0.3, -0.25) is 14.5 Å². The average Bonchev–Trinajstić information content (AvgIpc) is 2.80. The number of carbonyl (C=O) groups is 2. The molecule has 174 valence electrons. The van der Waals surface area contributed by atoms with Gasteiger partial charge in [-0.15, -0.1) is 0 Å². The molecule has 33 heavy (non-hydrogen) atoms. The number of aromatic nitrogens is 1. The summed E-state index contributed by atoms with van der Waals surface area (Å²) in [7, 11) is 1.46. The lowest BCUT2D eigenvalue weighted by Crippen LogP contribution is -2.55. The highest BCUT2D eigenvalue weighted by Gasteiger charge is 2.50. The monoisotopic (exact) mass is 457 g/mol. The number of nitrogens with zero attached hydrogens (tertiary/aromatic N) is 3. The summed E-state index contributed by atoms with van der Waals surface area (Å²) in [5.41, 5.74) is 0.114. The summed E-state index contributed by atoms with van der Waals surface area (Å²) in [6, 6.07) is 6.48. The molecule has 8 nitrogen and oxygen atoms in total. The maximum absolute atomic E-state index is 15.2. The Bertz CT molecular complexity index is 1110. The van der Waals surface area contributed by atoms with Crippen LogP contribution in [0.25, 0.3) is 0 Å². The Morgan fingerprint density at radius 3 is 2.58 bits per heavy atom. The van der Waals surface area contributed by atoms with E-state index in [-0.39, 0.29) is 17.3 Å². The van der Waals surface area contributed by atoms with Crippen molar-refractivity contribution in [3.8, 4) is 5.75 Å². The molecule has 2 aliphatic heterocycles. The molecule has 1 aliphatic carbocycles. The Morgan fingerprint density at radius 2 is 1.94 bits per heavy atom. The van der Waals surface area contributed by atoms with Crippen LogP contribution in [0.4, 0.5) is 20.2 Å². The third-order valence-corrected chi connectivity index (χ3v) is 6.70. The topological polar surface area (TPSA) is 86.8 Å². The van der Waals surface area contributed by atoms with E-state index in [9.17, 15) is 14.0 Å². The number of amides is 2. The van der Waals surface area contributed by atoms with E-state index in [0.29, 0.717) is 62.6 Å². The Kier molecular flexibility index (Phi) is 5.40. The second-order valence-electron chi connectivity index (χ2n) is 8.66. The van der Waals surface area contributed by atoms with Gasteiger partial charge in [0, 0.05) is 45.3 Å². The zero-order valence-electron chi connectivity index (χ0n) is 18.3. The first-order valence-corrected chi connectivity index (χ1v) is 11.1. The molecule has 3 heterocycles. The third-order valence-electron chi connectivity index (χ3n) is 6.70. The highest BCUT2D eigenvalue weighted by atomic mass is 19.1. The van der Waals surface area contributed by atoms with E-state index >= 15 is 4.39 Å². The maximum atomic E-state index is 15.2. The first kappa shape index (κ1) is 21.6. The minimum atomic E-state index is -0.833. The van der Waals surface area contributed by atoms with E-state index in [4.69, 9.17) is 4.74 Å². The second-order valence-corrected chi connectivity index (χ2v) is 8.66. The molecule has 5 rings (SSSR count). The zero-order valence-corrected chi connectivity index (χ0v) is 18.3. The van der Waals surface area contributed by atoms with Crippen molar-refractivity contribution in [2.45, 2.75) is 31.4 Å². The number of rotatable bonds is 4. The second kappa shape index (κ2) is 8.26. The van der Waals surface area contributed by atoms with Crippen molar-refractivity contribution in [1.29, 1.82) is 0 Å². The van der Waals surface area contributed by atoms with Crippen LogP contribution in [0.2, 0.25) is 0 Å². The molecule has 2 amide bonds. The van der Waals surface area contributed by atoms with Crippen molar-refractivity contribution in [2.24, 2.45) is 0 Å². The molecule has 0 radical (unpaired) electrons. The summed E-state index contributed by atoms with van der Waals surface area (Å²) >= 11 is 0. The molecular weight excluding hydrogens is 432 g/mol. The van der Waals surface area contributed by atoms with Crippen LogP contribution < -0.4 is 20.3 Å². The van der Waals surface area contributed by atoms with Crippen LogP contribution in [-0.4, -0.2) is 60.5 Å². The van der Waals surface area contributed by atoms with Crippen molar-refractivity contribution >= 4 is 23.2 Å². The van der Waals surface area contributed by atoms with Gasteiger partial charge in [-0.25, -0.2) is 9.37 Å². The molecule has 3 aliphatic rings. The molecule has 1 saturated heterocycles. The highest BCUT2D eigenvalue weighted by molar-refractivity contribution is 6.01. The third kappa shape index (κ3) is 3.78. The standard InChI is InChI=1S/C23H25F2N5O3/c1-26-21(31)15-4-5-16(20(25)27-15)30-11-9-29(10-12-30)13-14-3-6-17-19(18(14)24)28-22(32)23(33-17)7-2-8-23/h3-6H,2,7-13H2,1H3,(H,26,31)(H,28,32). The van der Waals surface area contributed by atoms with E-state index in [0.717, 1.165) is 6.42 Å². The number of hydrogen-bond acceptors (Lipinski definition) is 6. The van der Waals surface area contributed by atoms with Gasteiger partial charge >= 0.3 is 0 Å². The normalized spacial score (nSPS) is 19.4. The quantitative estimate of drug-likeness (QED) is 0.686. The lowest BCUT2D eigenvalue weighted by molar-refractivity contribution is -0.140. The number of fused-ring (bicyclic) bond motifs is 1. The van der Waals surface area contributed by atoms with Crippen molar-refractivity contribution in [3.05, 3.63) is 47.3 Å². The Hall–Kier alpha value is -3.27. The fourth-order valence-electron chi connectivity index (χ4n) is 4.54. The predicted octanol–water partition coefficient (Wildman–Crippen LogP) is 2.30. The number of pyridine rings is 1. The summed E-state index contributed by atoms with van der Waals surface area (Å²) in [6.45, 7) is 2.63. The largest absolute Gasteiger partial charge is 0.475 e. The fourth-order valence-corrected chi connectivity index (χ4v) is 4.54. The van der Waals surface area contributed by atoms with Crippen LogP contribution >= 0.6 is 0 Å². The number of halogens is 2. The van der Waals surface area contributed by atoms with Gasteiger partial charge in [0.2, 0.25) is 5.95 Å². The number of hydrogen-bond donors (Lipinski definition) is 2. The van der Waals surface area contributed by atoms with E-state index < -0.39 is 23.3 Å². The van der Waals surface area contributed by atoms with Gasteiger partial charge in [0.1, 0.15) is 17.1 Å². The summed E-state index contributed by atoms with van der Waals surface area (Å²) in [4.78, 5) is 31.7. The van der Waals surface area contributed by atoms with Gasteiger partial charge in [-0.2, -0.15) is 4.39 Å². The van der Waals surface area contributed by atoms with E-state index in [1.165, 1.54) is 13.1 Å². The van der Waals surface area contributed by atoms with E-state index in [2.05, 4.69) is 20.5 Å². The molecule has 1 aromatic carbocycles. The summed E-state index contributed by atoms with van der Waals surface area (Å²) in [6.07, 6.45) is 2.22. The number of carbonyl (C=O) groups excluding carboxylic acids is 2. The lowest BCUT2D eigenvalue weighted by Gasteiger charge is -2.43. The van der Waals surface area contributed by atoms with Gasteiger partial charge in [0.25, 0.3) is 11.8 Å². The molecule has 2 aromatic rings. The highest BCUT2D eigenvalue weighted by Crippen LogP contribution is 2.45. The molecule has 1 saturated carbocycles. The van der Waals surface area contributed by atoms with Crippen LogP contribution in [0.1, 0.15) is 35.3 Å². The SMILES string of the molecule is CNC(=O)c1ccc(N2CCN(Cc3ccc4c(c3F)NC(=O)C3(CCC3)O4)CC2)c(F)n1. The maximum Gasteiger partial charge on any atom is 0.269 e. The van der Waals surface area contributed by atoms with Crippen molar-refractivity contribution in [3.63, 3.8) is 0 Å². The first-order valence-electron chi connectivity index (χ1n) is 11.1. The van der Waals surface area contributed by atoms with Crippen molar-refractivity contribution in [2.75, 3.05) is 43.4 Å². The molecule has 0 unspecified atom stereocenters. The smallest absolute Gasteiger partial charge is 0.269 e. The molecule has 0 bridgehead atoms. The molecule has 2 N–H and O–H groups in total. The number of benzene rings is 1. The average molecular weight is 457 g/mol. The Balaban J connectivity index is 1.24. The van der Waals surface area contributed by atoms with Crippen molar-refractivity contribution < 1.29 is 23.1 Å². The molecule has 10 heteroatoms. The zero-order chi connectivity index (χ0) is 23.2. The van der Waals surface area contributed by atoms with E-state index in [1.807, 2.05) is 4.90 Å². The molecule has 1 spiro atoms. The number of ether oxygens (including phenoxy) is 1. The lowest BCUT2D eigenvalue weighted by atomic mass is 9.78. The van der Waals surface area contributed by atoms with Crippen molar-refractivity contribution in [1.82, 2.24) is 15.2 Å². The first-order chi connectivity index (χ1) is 15.9. The fraction of sp³-hybridized carbons (Fsp3) is 0.435. The van der Waals surface area contributed by atoms with Crippen LogP contribution in [-0.2, 0) is 11.3 Å². The van der Waals surface area contributed by atoms with Crippen LogP contribution in [0.3, 0.4) is 0 Å². The molecule has 0 atom stereocenters.